The van der Waals surface area contributed by atoms with Gasteiger partial charge in [-0.15, -0.1) is 0 Å². The largest absolute Gasteiger partial charge is 0.466 e. The van der Waals surface area contributed by atoms with Gasteiger partial charge in [0.25, 0.3) is 0 Å². The molecular formula is C12H13FO2. The van der Waals surface area contributed by atoms with E-state index in [1.807, 2.05) is 6.07 Å². The van der Waals surface area contributed by atoms with Crippen LogP contribution in [0.25, 0.3) is 0 Å². The van der Waals surface area contributed by atoms with Gasteiger partial charge < -0.3 is 4.74 Å². The van der Waals surface area contributed by atoms with Crippen LogP contribution in [0.1, 0.15) is 24.8 Å². The van der Waals surface area contributed by atoms with E-state index >= 15 is 0 Å². The summed E-state index contributed by atoms with van der Waals surface area (Å²) in [7, 11) is 0. The van der Waals surface area contributed by atoms with Crippen molar-refractivity contribution < 1.29 is 13.9 Å². The van der Waals surface area contributed by atoms with E-state index in [9.17, 15) is 9.18 Å². The highest BCUT2D eigenvalue weighted by Crippen LogP contribution is 2.48. The van der Waals surface area contributed by atoms with Crippen LogP contribution in [0.3, 0.4) is 0 Å². The number of benzene rings is 1. The Balaban J connectivity index is 2.01. The maximum atomic E-state index is 12.9. The molecule has 0 spiro atoms. The van der Waals surface area contributed by atoms with Crippen LogP contribution in [0.5, 0.6) is 0 Å². The fourth-order valence-electron chi connectivity index (χ4n) is 1.81. The lowest BCUT2D eigenvalue weighted by molar-refractivity contribution is -0.144. The van der Waals surface area contributed by atoms with Crippen LogP contribution in [0.4, 0.5) is 4.39 Å². The fraction of sp³-hybridized carbons (Fsp3) is 0.417. The lowest BCUT2D eigenvalue weighted by Gasteiger charge is -2.01. The van der Waals surface area contributed by atoms with E-state index in [4.69, 9.17) is 4.74 Å². The van der Waals surface area contributed by atoms with Crippen molar-refractivity contribution in [3.05, 3.63) is 35.6 Å². The first-order chi connectivity index (χ1) is 7.22. The summed E-state index contributed by atoms with van der Waals surface area (Å²) in [5.74, 6) is -0.319. The first kappa shape index (κ1) is 10.1. The average molecular weight is 208 g/mol. The molecule has 80 valence electrons. The third kappa shape index (κ3) is 2.17. The number of hydrogen-bond donors (Lipinski definition) is 0. The number of hydrogen-bond acceptors (Lipinski definition) is 2. The Labute approximate surface area is 88.1 Å². The van der Waals surface area contributed by atoms with Crippen molar-refractivity contribution in [2.24, 2.45) is 5.92 Å². The quantitative estimate of drug-likeness (QED) is 0.713. The molecule has 1 aliphatic rings. The SMILES string of the molecule is CCOC(=O)[C@H]1C[C@@H]1c1cccc(F)c1. The third-order valence-electron chi connectivity index (χ3n) is 2.66. The molecule has 1 aromatic rings. The van der Waals surface area contributed by atoms with Crippen LogP contribution in [-0.2, 0) is 9.53 Å². The molecule has 2 rings (SSSR count). The summed E-state index contributed by atoms with van der Waals surface area (Å²) in [6.45, 7) is 2.20. The van der Waals surface area contributed by atoms with Gasteiger partial charge >= 0.3 is 5.97 Å². The summed E-state index contributed by atoms with van der Waals surface area (Å²) in [5.41, 5.74) is 0.896. The Morgan fingerprint density at radius 3 is 3.07 bits per heavy atom. The second kappa shape index (κ2) is 4.01. The highest BCUT2D eigenvalue weighted by molar-refractivity contribution is 5.77. The van der Waals surface area contributed by atoms with Crippen LogP contribution < -0.4 is 0 Å². The van der Waals surface area contributed by atoms with Crippen molar-refractivity contribution in [1.29, 1.82) is 0 Å². The Morgan fingerprint density at radius 2 is 2.40 bits per heavy atom. The van der Waals surface area contributed by atoms with Crippen molar-refractivity contribution in [3.8, 4) is 0 Å². The average Bonchev–Trinajstić information content (AvgIpc) is 2.97. The van der Waals surface area contributed by atoms with E-state index in [1.165, 1.54) is 12.1 Å². The molecule has 1 saturated carbocycles. The number of halogens is 1. The second-order valence-corrected chi connectivity index (χ2v) is 3.76. The van der Waals surface area contributed by atoms with E-state index in [2.05, 4.69) is 0 Å². The molecule has 3 heteroatoms. The zero-order chi connectivity index (χ0) is 10.8. The van der Waals surface area contributed by atoms with E-state index in [0.717, 1.165) is 12.0 Å². The van der Waals surface area contributed by atoms with Gasteiger partial charge in [-0.1, -0.05) is 12.1 Å². The van der Waals surface area contributed by atoms with Gasteiger partial charge in [-0.05, 0) is 37.0 Å². The maximum absolute atomic E-state index is 12.9. The standard InChI is InChI=1S/C12H13FO2/c1-2-15-12(14)11-7-10(11)8-4-3-5-9(13)6-8/h3-6,10-11H,2,7H2,1H3/t10-,11+/m1/s1. The molecule has 0 N–H and O–H groups in total. The molecule has 0 amide bonds. The monoisotopic (exact) mass is 208 g/mol. The van der Waals surface area contributed by atoms with Crippen molar-refractivity contribution in [2.45, 2.75) is 19.3 Å². The van der Waals surface area contributed by atoms with Crippen LogP contribution in [0.15, 0.2) is 24.3 Å². The first-order valence-corrected chi connectivity index (χ1v) is 5.14. The summed E-state index contributed by atoms with van der Waals surface area (Å²) in [6, 6.07) is 6.42. The number of ether oxygens (including phenoxy) is 1. The molecule has 2 nitrogen and oxygen atoms in total. The van der Waals surface area contributed by atoms with Crippen molar-refractivity contribution in [1.82, 2.24) is 0 Å². The lowest BCUT2D eigenvalue weighted by atomic mass is 10.1. The normalized spacial score (nSPS) is 23.6. The van der Waals surface area contributed by atoms with Gasteiger partial charge in [0.2, 0.25) is 0 Å². The van der Waals surface area contributed by atoms with Crippen LogP contribution >= 0.6 is 0 Å². The predicted octanol–water partition coefficient (Wildman–Crippen LogP) is 2.49. The molecule has 0 radical (unpaired) electrons. The van der Waals surface area contributed by atoms with Crippen molar-refractivity contribution in [2.75, 3.05) is 6.61 Å². The minimum Gasteiger partial charge on any atom is -0.466 e. The predicted molar refractivity (Wildman–Crippen MR) is 53.9 cm³/mol. The number of esters is 1. The highest BCUT2D eigenvalue weighted by atomic mass is 19.1. The maximum Gasteiger partial charge on any atom is 0.309 e. The molecule has 0 aliphatic heterocycles. The molecule has 0 bridgehead atoms. The summed E-state index contributed by atoms with van der Waals surface area (Å²) in [5, 5.41) is 0. The Bertz CT molecular complexity index is 376. The smallest absolute Gasteiger partial charge is 0.309 e. The highest BCUT2D eigenvalue weighted by Gasteiger charge is 2.45. The first-order valence-electron chi connectivity index (χ1n) is 5.14. The Kier molecular flexibility index (Phi) is 2.71. The van der Waals surface area contributed by atoms with Gasteiger partial charge in [-0.2, -0.15) is 0 Å². The third-order valence-corrected chi connectivity index (χ3v) is 2.66. The zero-order valence-corrected chi connectivity index (χ0v) is 8.57. The molecule has 2 atom stereocenters. The fourth-order valence-corrected chi connectivity index (χ4v) is 1.81. The molecule has 0 aromatic heterocycles. The minimum atomic E-state index is -0.248. The number of carbonyl (C=O) groups excluding carboxylic acids is 1. The van der Waals surface area contributed by atoms with E-state index in [-0.39, 0.29) is 23.6 Å². The summed E-state index contributed by atoms with van der Waals surface area (Å²) in [6.07, 6.45) is 0.780. The zero-order valence-electron chi connectivity index (χ0n) is 8.57. The molecule has 0 saturated heterocycles. The second-order valence-electron chi connectivity index (χ2n) is 3.76. The van der Waals surface area contributed by atoms with Crippen LogP contribution in [-0.4, -0.2) is 12.6 Å². The van der Waals surface area contributed by atoms with E-state index < -0.39 is 0 Å². The van der Waals surface area contributed by atoms with Crippen molar-refractivity contribution >= 4 is 5.97 Å². The van der Waals surface area contributed by atoms with E-state index in [1.54, 1.807) is 13.0 Å². The van der Waals surface area contributed by atoms with Crippen LogP contribution in [0.2, 0.25) is 0 Å². The summed E-state index contributed by atoms with van der Waals surface area (Å²) >= 11 is 0. The molecule has 1 aliphatic carbocycles. The van der Waals surface area contributed by atoms with E-state index in [0.29, 0.717) is 6.61 Å². The van der Waals surface area contributed by atoms with Gasteiger partial charge in [-0.3, -0.25) is 4.79 Å². The van der Waals surface area contributed by atoms with Gasteiger partial charge in [0.05, 0.1) is 12.5 Å². The van der Waals surface area contributed by atoms with Crippen molar-refractivity contribution in [3.63, 3.8) is 0 Å². The summed E-state index contributed by atoms with van der Waals surface area (Å²) in [4.78, 5) is 11.4. The molecule has 0 unspecified atom stereocenters. The Morgan fingerprint density at radius 1 is 1.60 bits per heavy atom. The van der Waals surface area contributed by atoms with Gasteiger partial charge in [0.15, 0.2) is 0 Å². The molecule has 0 heterocycles. The molecule has 1 fully saturated rings. The Hall–Kier alpha value is -1.38. The molecule has 15 heavy (non-hydrogen) atoms. The molecule has 1 aromatic carbocycles. The van der Waals surface area contributed by atoms with Gasteiger partial charge in [0, 0.05) is 0 Å². The topological polar surface area (TPSA) is 26.3 Å². The number of rotatable bonds is 3. The minimum absolute atomic E-state index is 0.0632. The molecular weight excluding hydrogens is 195 g/mol. The van der Waals surface area contributed by atoms with Gasteiger partial charge in [-0.25, -0.2) is 4.39 Å². The van der Waals surface area contributed by atoms with Gasteiger partial charge in [0.1, 0.15) is 5.82 Å². The lowest BCUT2D eigenvalue weighted by Crippen LogP contribution is -2.07. The summed E-state index contributed by atoms with van der Waals surface area (Å²) < 4.78 is 17.8. The van der Waals surface area contributed by atoms with Crippen LogP contribution in [0, 0.1) is 11.7 Å². The number of carbonyl (C=O) groups is 1.